The fourth-order valence-electron chi connectivity index (χ4n) is 5.20. The molecule has 0 spiro atoms. The molecule has 0 radical (unpaired) electrons. The van der Waals surface area contributed by atoms with Crippen molar-refractivity contribution in [1.29, 1.82) is 0 Å². The number of phenols is 1. The molecule has 2 aromatic carbocycles. The van der Waals surface area contributed by atoms with Crippen LogP contribution in [0.25, 0.3) is 0 Å². The highest BCUT2D eigenvalue weighted by atomic mass is 79.9. The molecule has 9 heteroatoms. The van der Waals surface area contributed by atoms with E-state index in [2.05, 4.69) is 28.2 Å². The smallest absolute Gasteiger partial charge is 0.336 e. The molecule has 2 aromatic rings. The number of carbonyl (C=O) groups is 2. The quantitative estimate of drug-likeness (QED) is 0.274. The number of phenolic OH excluding ortho intramolecular Hbond substituents is 1. The number of nitrogens with one attached hydrogen (secondary N) is 1. The molecule has 0 aromatic heterocycles. The maximum atomic E-state index is 13.9. The second-order valence-electron chi connectivity index (χ2n) is 9.15. The zero-order valence-electron chi connectivity index (χ0n) is 21.9. The Bertz CT molecular complexity index is 1300. The van der Waals surface area contributed by atoms with Crippen molar-refractivity contribution in [2.45, 2.75) is 38.5 Å². The zero-order valence-corrected chi connectivity index (χ0v) is 24.3. The van der Waals surface area contributed by atoms with Gasteiger partial charge in [-0.15, -0.1) is 0 Å². The Balaban J connectivity index is 1.80. The number of thioether (sulfide) groups is 1. The minimum atomic E-state index is -0.672. The van der Waals surface area contributed by atoms with Crippen LogP contribution in [-0.2, 0) is 14.3 Å². The number of methoxy groups -OCH3 is 2. The number of ether oxygens (including phenoxy) is 3. The molecule has 0 bridgehead atoms. The van der Waals surface area contributed by atoms with Crippen molar-refractivity contribution < 1.29 is 28.9 Å². The van der Waals surface area contributed by atoms with Crippen LogP contribution >= 0.6 is 27.7 Å². The first-order chi connectivity index (χ1) is 18.3. The van der Waals surface area contributed by atoms with E-state index in [1.54, 1.807) is 31.0 Å². The minimum Gasteiger partial charge on any atom is -0.503 e. The minimum absolute atomic E-state index is 0.0491. The van der Waals surface area contributed by atoms with Crippen molar-refractivity contribution in [3.63, 3.8) is 0 Å². The van der Waals surface area contributed by atoms with E-state index in [-0.39, 0.29) is 36.2 Å². The summed E-state index contributed by atoms with van der Waals surface area (Å²) in [5.41, 5.74) is 3.96. The summed E-state index contributed by atoms with van der Waals surface area (Å²) in [6.07, 6.45) is 0.865. The molecule has 1 aliphatic carbocycles. The van der Waals surface area contributed by atoms with Gasteiger partial charge in [0.15, 0.2) is 17.3 Å². The monoisotopic (exact) mass is 601 g/mol. The number of dihydropyridines is 1. The Morgan fingerprint density at radius 2 is 1.89 bits per heavy atom. The summed E-state index contributed by atoms with van der Waals surface area (Å²) in [6, 6.07) is 11.1. The Hall–Kier alpha value is -2.91. The van der Waals surface area contributed by atoms with Gasteiger partial charge in [0.25, 0.3) is 0 Å². The van der Waals surface area contributed by atoms with Crippen LogP contribution in [-0.4, -0.2) is 49.2 Å². The Morgan fingerprint density at radius 3 is 2.61 bits per heavy atom. The first kappa shape index (κ1) is 28.1. The van der Waals surface area contributed by atoms with Gasteiger partial charge in [0.05, 0.1) is 24.3 Å². The SMILES string of the molecule is CCSCCOC(=O)C1=C(C)NC2=C(C(=O)CC(c3ccccc3OC)C2)C1c1cc(Br)c(O)c(OC)c1. The predicted octanol–water partition coefficient (Wildman–Crippen LogP) is 5.83. The number of Topliss-reactive ketones (excluding diaryl/α,β-unsaturated/α-hetero) is 1. The third-order valence-corrected chi connectivity index (χ3v) is 8.36. The summed E-state index contributed by atoms with van der Waals surface area (Å²) in [7, 11) is 3.09. The summed E-state index contributed by atoms with van der Waals surface area (Å²) in [4.78, 5) is 27.3. The van der Waals surface area contributed by atoms with Crippen LogP contribution in [0.2, 0.25) is 0 Å². The van der Waals surface area contributed by atoms with Crippen LogP contribution in [0.1, 0.15) is 49.7 Å². The molecule has 7 nitrogen and oxygen atoms in total. The van der Waals surface area contributed by atoms with E-state index in [1.165, 1.54) is 7.11 Å². The van der Waals surface area contributed by atoms with Gasteiger partial charge in [-0.25, -0.2) is 4.79 Å². The van der Waals surface area contributed by atoms with Crippen LogP contribution < -0.4 is 14.8 Å². The van der Waals surface area contributed by atoms with Crippen molar-refractivity contribution in [3.05, 3.63) is 74.5 Å². The average Bonchev–Trinajstić information content (AvgIpc) is 2.91. The van der Waals surface area contributed by atoms with Crippen molar-refractivity contribution in [3.8, 4) is 17.2 Å². The number of halogens is 1. The maximum absolute atomic E-state index is 13.9. The molecule has 2 aliphatic rings. The molecule has 1 aliphatic heterocycles. The number of hydrogen-bond acceptors (Lipinski definition) is 8. The zero-order chi connectivity index (χ0) is 27.4. The van der Waals surface area contributed by atoms with E-state index in [1.807, 2.05) is 31.2 Å². The molecule has 38 heavy (non-hydrogen) atoms. The highest BCUT2D eigenvalue weighted by molar-refractivity contribution is 9.10. The van der Waals surface area contributed by atoms with Crippen molar-refractivity contribution >= 4 is 39.4 Å². The van der Waals surface area contributed by atoms with Crippen LogP contribution in [0.5, 0.6) is 17.2 Å². The molecule has 4 rings (SSSR count). The molecular formula is C29H32BrNO6S. The fourth-order valence-corrected chi connectivity index (χ4v) is 6.15. The number of esters is 1. The molecular weight excluding hydrogens is 570 g/mol. The van der Waals surface area contributed by atoms with Crippen LogP contribution in [0, 0.1) is 0 Å². The number of para-hydroxylation sites is 1. The summed E-state index contributed by atoms with van der Waals surface area (Å²) >= 11 is 5.09. The molecule has 202 valence electrons. The highest BCUT2D eigenvalue weighted by Gasteiger charge is 2.42. The third kappa shape index (κ3) is 5.59. The lowest BCUT2D eigenvalue weighted by atomic mass is 9.71. The van der Waals surface area contributed by atoms with Gasteiger partial charge >= 0.3 is 5.97 Å². The van der Waals surface area contributed by atoms with Gasteiger partial charge in [0.2, 0.25) is 0 Å². The van der Waals surface area contributed by atoms with Crippen LogP contribution in [0.4, 0.5) is 0 Å². The summed E-state index contributed by atoms with van der Waals surface area (Å²) < 4.78 is 17.0. The lowest BCUT2D eigenvalue weighted by Gasteiger charge is -2.37. The third-order valence-electron chi connectivity index (χ3n) is 6.90. The molecule has 0 saturated heterocycles. The lowest BCUT2D eigenvalue weighted by Crippen LogP contribution is -2.36. The fraction of sp³-hybridized carbons (Fsp3) is 0.379. The largest absolute Gasteiger partial charge is 0.503 e. The number of hydrogen-bond donors (Lipinski definition) is 2. The molecule has 1 heterocycles. The summed E-state index contributed by atoms with van der Waals surface area (Å²) in [6.45, 7) is 4.16. The van der Waals surface area contributed by atoms with Crippen molar-refractivity contribution in [2.24, 2.45) is 0 Å². The van der Waals surface area contributed by atoms with E-state index in [4.69, 9.17) is 14.2 Å². The van der Waals surface area contributed by atoms with Gasteiger partial charge in [-0.2, -0.15) is 11.8 Å². The highest BCUT2D eigenvalue weighted by Crippen LogP contribution is 2.49. The van der Waals surface area contributed by atoms with E-state index in [0.29, 0.717) is 39.1 Å². The van der Waals surface area contributed by atoms with Crippen molar-refractivity contribution in [1.82, 2.24) is 5.32 Å². The number of ketones is 1. The number of rotatable bonds is 9. The molecule has 2 atom stereocenters. The molecule has 2 N–H and O–H groups in total. The van der Waals surface area contributed by atoms with E-state index in [9.17, 15) is 14.7 Å². The van der Waals surface area contributed by atoms with Crippen LogP contribution in [0.3, 0.4) is 0 Å². The van der Waals surface area contributed by atoms with E-state index in [0.717, 1.165) is 22.8 Å². The van der Waals surface area contributed by atoms with Gasteiger partial charge < -0.3 is 24.6 Å². The Kier molecular flexibility index (Phi) is 9.10. The number of allylic oxidation sites excluding steroid dienone is 3. The van der Waals surface area contributed by atoms with Crippen LogP contribution in [0.15, 0.2) is 63.4 Å². The van der Waals surface area contributed by atoms with Gasteiger partial charge in [-0.1, -0.05) is 25.1 Å². The first-order valence-corrected chi connectivity index (χ1v) is 14.4. The maximum Gasteiger partial charge on any atom is 0.336 e. The Morgan fingerprint density at radius 1 is 1.16 bits per heavy atom. The normalized spacial score (nSPS) is 19.1. The number of carbonyl (C=O) groups excluding carboxylic acids is 2. The van der Waals surface area contributed by atoms with E-state index >= 15 is 0 Å². The summed E-state index contributed by atoms with van der Waals surface area (Å²) in [5, 5.41) is 13.8. The molecule has 0 saturated carbocycles. The van der Waals surface area contributed by atoms with Crippen molar-refractivity contribution in [2.75, 3.05) is 32.3 Å². The molecule has 0 fully saturated rings. The second kappa shape index (κ2) is 12.3. The molecule has 2 unspecified atom stereocenters. The summed E-state index contributed by atoms with van der Waals surface area (Å²) in [5.74, 6) is 1.31. The van der Waals surface area contributed by atoms with E-state index < -0.39 is 11.9 Å². The van der Waals surface area contributed by atoms with Gasteiger partial charge in [0, 0.05) is 41.0 Å². The number of aromatic hydroxyl groups is 1. The molecule has 0 amide bonds. The first-order valence-electron chi connectivity index (χ1n) is 12.5. The second-order valence-corrected chi connectivity index (χ2v) is 11.4. The standard InChI is InChI=1S/C29H32BrNO6S/c1-5-38-11-10-37-29(34)25-16(2)31-21-13-17(19-8-6-7-9-23(19)35-3)14-22(32)27(21)26(25)18-12-20(30)28(33)24(15-18)36-4/h6-9,12,15,17,26,31,33H,5,10-11,13-14H2,1-4H3. The van der Waals surface area contributed by atoms with Gasteiger partial charge in [-0.05, 0) is 64.4 Å². The van der Waals surface area contributed by atoms with Gasteiger partial charge in [-0.3, -0.25) is 4.79 Å². The predicted molar refractivity (Wildman–Crippen MR) is 152 cm³/mol. The lowest BCUT2D eigenvalue weighted by molar-refractivity contribution is -0.138. The topological polar surface area (TPSA) is 94.1 Å². The average molecular weight is 603 g/mol. The number of benzene rings is 2. The van der Waals surface area contributed by atoms with Gasteiger partial charge in [0.1, 0.15) is 12.4 Å². The Labute approximate surface area is 235 Å².